The van der Waals surface area contributed by atoms with Crippen LogP contribution in [0.5, 0.6) is 0 Å². The molecule has 130 valence electrons. The second kappa shape index (κ2) is 6.00. The summed E-state index contributed by atoms with van der Waals surface area (Å²) in [6, 6.07) is 7.65. The van der Waals surface area contributed by atoms with Crippen LogP contribution in [-0.4, -0.2) is 43.3 Å². The number of nitrogens with zero attached hydrogens (tertiary/aromatic N) is 4. The van der Waals surface area contributed by atoms with Crippen molar-refractivity contribution in [2.75, 3.05) is 6.54 Å². The summed E-state index contributed by atoms with van der Waals surface area (Å²) in [5.74, 6) is 0.838. The van der Waals surface area contributed by atoms with Gasteiger partial charge in [-0.3, -0.25) is 4.79 Å². The highest BCUT2D eigenvalue weighted by molar-refractivity contribution is 5.86. The van der Waals surface area contributed by atoms with Crippen molar-refractivity contribution in [2.45, 2.75) is 39.0 Å². The van der Waals surface area contributed by atoms with Gasteiger partial charge in [-0.25, -0.2) is 0 Å². The summed E-state index contributed by atoms with van der Waals surface area (Å²) in [4.78, 5) is 18.8. The number of rotatable bonds is 3. The number of aliphatic hydroxyl groups excluding tert-OH is 1. The Balaban J connectivity index is 1.61. The minimum Gasteiger partial charge on any atom is -0.391 e. The van der Waals surface area contributed by atoms with Crippen molar-refractivity contribution >= 4 is 16.8 Å². The van der Waals surface area contributed by atoms with E-state index in [4.69, 9.17) is 4.52 Å². The van der Waals surface area contributed by atoms with Crippen LogP contribution in [0.15, 0.2) is 35.0 Å². The van der Waals surface area contributed by atoms with Crippen LogP contribution in [0, 0.1) is 13.8 Å². The molecule has 0 saturated carbocycles. The van der Waals surface area contributed by atoms with Crippen LogP contribution in [0.4, 0.5) is 0 Å². The molecule has 1 saturated heterocycles. The predicted molar refractivity (Wildman–Crippen MR) is 90.8 cm³/mol. The number of benzene rings is 1. The molecule has 3 aromatic rings. The highest BCUT2D eigenvalue weighted by Gasteiger charge is 2.38. The smallest absolute Gasteiger partial charge is 0.249 e. The molecule has 4 rings (SSSR count). The van der Waals surface area contributed by atoms with Gasteiger partial charge in [0, 0.05) is 30.1 Å². The zero-order valence-electron chi connectivity index (χ0n) is 14.2. The first-order valence-electron chi connectivity index (χ1n) is 8.35. The van der Waals surface area contributed by atoms with Gasteiger partial charge in [0.05, 0.1) is 6.10 Å². The van der Waals surface area contributed by atoms with E-state index in [9.17, 15) is 9.90 Å². The number of amides is 1. The number of aryl methyl sites for hydroxylation is 2. The van der Waals surface area contributed by atoms with Crippen molar-refractivity contribution in [1.29, 1.82) is 0 Å². The number of hydrogen-bond donors (Lipinski definition) is 1. The van der Waals surface area contributed by atoms with Crippen molar-refractivity contribution in [3.05, 3.63) is 47.7 Å². The first kappa shape index (κ1) is 15.8. The van der Waals surface area contributed by atoms with Crippen LogP contribution < -0.4 is 0 Å². The van der Waals surface area contributed by atoms with Gasteiger partial charge >= 0.3 is 0 Å². The van der Waals surface area contributed by atoms with Gasteiger partial charge in [-0.05, 0) is 25.5 Å². The monoisotopic (exact) mass is 340 g/mol. The molecular formula is C18H20N4O3. The van der Waals surface area contributed by atoms with Crippen molar-refractivity contribution in [1.82, 2.24) is 19.6 Å². The van der Waals surface area contributed by atoms with Gasteiger partial charge in [0.2, 0.25) is 11.8 Å². The third kappa shape index (κ3) is 2.80. The van der Waals surface area contributed by atoms with E-state index in [1.54, 1.807) is 11.8 Å². The molecule has 0 bridgehead atoms. The Labute approximate surface area is 144 Å². The van der Waals surface area contributed by atoms with Gasteiger partial charge < -0.3 is 19.1 Å². The third-order valence-corrected chi connectivity index (χ3v) is 4.72. The van der Waals surface area contributed by atoms with Crippen LogP contribution in [0.1, 0.15) is 29.7 Å². The van der Waals surface area contributed by atoms with E-state index < -0.39 is 6.10 Å². The van der Waals surface area contributed by atoms with Crippen LogP contribution in [-0.2, 0) is 11.3 Å². The lowest BCUT2D eigenvalue weighted by Crippen LogP contribution is -2.34. The van der Waals surface area contributed by atoms with Gasteiger partial charge in [-0.15, -0.1) is 0 Å². The lowest BCUT2D eigenvalue weighted by molar-refractivity contribution is -0.133. The van der Waals surface area contributed by atoms with E-state index in [0.29, 0.717) is 18.1 Å². The van der Waals surface area contributed by atoms with Gasteiger partial charge in [-0.2, -0.15) is 4.98 Å². The molecule has 1 fully saturated rings. The van der Waals surface area contributed by atoms with E-state index in [1.807, 2.05) is 35.9 Å². The van der Waals surface area contributed by atoms with Crippen LogP contribution in [0.3, 0.4) is 0 Å². The summed E-state index contributed by atoms with van der Waals surface area (Å²) in [6.07, 6.45) is 1.82. The molecule has 7 heteroatoms. The first-order valence-corrected chi connectivity index (χ1v) is 8.35. The van der Waals surface area contributed by atoms with Crippen LogP contribution in [0.2, 0.25) is 0 Å². The maximum Gasteiger partial charge on any atom is 0.249 e. The maximum atomic E-state index is 12.9. The Morgan fingerprint density at radius 3 is 2.92 bits per heavy atom. The molecule has 0 radical (unpaired) electrons. The fourth-order valence-corrected chi connectivity index (χ4v) is 3.57. The molecule has 0 spiro atoms. The highest BCUT2D eigenvalue weighted by atomic mass is 16.5. The SMILES string of the molecule is Cc1noc([C@H]2C[C@@H](O)CN2C(=O)Cn2cc(C)c3ccccc32)n1. The summed E-state index contributed by atoms with van der Waals surface area (Å²) in [5, 5.41) is 15.0. The molecule has 0 aliphatic carbocycles. The lowest BCUT2D eigenvalue weighted by atomic mass is 10.2. The molecule has 25 heavy (non-hydrogen) atoms. The van der Waals surface area contributed by atoms with E-state index in [1.165, 1.54) is 0 Å². The number of hydrogen-bond acceptors (Lipinski definition) is 5. The van der Waals surface area contributed by atoms with E-state index in [0.717, 1.165) is 16.5 Å². The van der Waals surface area contributed by atoms with Crippen molar-refractivity contribution < 1.29 is 14.4 Å². The molecule has 1 aliphatic heterocycles. The minimum absolute atomic E-state index is 0.0712. The summed E-state index contributed by atoms with van der Waals surface area (Å²) in [5.41, 5.74) is 2.16. The number of β-amino-alcohol motifs (C(OH)–C–C–N with tert-alkyl or cyclic N) is 1. The zero-order chi connectivity index (χ0) is 17.6. The van der Waals surface area contributed by atoms with Crippen LogP contribution in [0.25, 0.3) is 10.9 Å². The number of carbonyl (C=O) groups excluding carboxylic acids is 1. The normalized spacial score (nSPS) is 20.5. The molecule has 2 atom stereocenters. The molecule has 3 heterocycles. The van der Waals surface area contributed by atoms with E-state index in [2.05, 4.69) is 16.2 Å². The molecule has 1 aliphatic rings. The average Bonchev–Trinajstić information content (AvgIpc) is 3.26. The third-order valence-electron chi connectivity index (χ3n) is 4.72. The van der Waals surface area contributed by atoms with Crippen molar-refractivity contribution in [3.63, 3.8) is 0 Å². The highest BCUT2D eigenvalue weighted by Crippen LogP contribution is 2.32. The molecule has 1 N–H and O–H groups in total. The average molecular weight is 340 g/mol. The molecule has 2 aromatic heterocycles. The quantitative estimate of drug-likeness (QED) is 0.788. The van der Waals surface area contributed by atoms with Crippen molar-refractivity contribution in [3.8, 4) is 0 Å². The Hall–Kier alpha value is -2.67. The number of para-hydroxylation sites is 1. The maximum absolute atomic E-state index is 12.9. The summed E-state index contributed by atoms with van der Waals surface area (Å²) in [7, 11) is 0. The first-order chi connectivity index (χ1) is 12.0. The number of fused-ring (bicyclic) bond motifs is 1. The van der Waals surface area contributed by atoms with Gasteiger partial charge in [-0.1, -0.05) is 23.4 Å². The second-order valence-electron chi connectivity index (χ2n) is 6.59. The van der Waals surface area contributed by atoms with Gasteiger partial charge in [0.15, 0.2) is 5.82 Å². The topological polar surface area (TPSA) is 84.4 Å². The largest absolute Gasteiger partial charge is 0.391 e. The molecule has 0 unspecified atom stereocenters. The van der Waals surface area contributed by atoms with E-state index in [-0.39, 0.29) is 25.0 Å². The Kier molecular flexibility index (Phi) is 3.80. The Morgan fingerprint density at radius 1 is 1.36 bits per heavy atom. The number of aromatic nitrogens is 3. The van der Waals surface area contributed by atoms with Crippen LogP contribution >= 0.6 is 0 Å². The van der Waals surface area contributed by atoms with Gasteiger partial charge in [0.1, 0.15) is 12.6 Å². The zero-order valence-corrected chi connectivity index (χ0v) is 14.2. The minimum atomic E-state index is -0.579. The van der Waals surface area contributed by atoms with Crippen molar-refractivity contribution in [2.24, 2.45) is 0 Å². The van der Waals surface area contributed by atoms with E-state index >= 15 is 0 Å². The number of likely N-dealkylation sites (tertiary alicyclic amines) is 1. The summed E-state index contributed by atoms with van der Waals surface area (Å²) in [6.45, 7) is 4.26. The fourth-order valence-electron chi connectivity index (χ4n) is 3.57. The fraction of sp³-hybridized carbons (Fsp3) is 0.389. The summed E-state index contributed by atoms with van der Waals surface area (Å²) < 4.78 is 7.18. The summed E-state index contributed by atoms with van der Waals surface area (Å²) >= 11 is 0. The standard InChI is InChI=1S/C18H20N4O3/c1-11-8-21(15-6-4-3-5-14(11)15)10-17(24)22-9-13(23)7-16(22)18-19-12(2)20-25-18/h3-6,8,13,16,23H,7,9-10H2,1-2H3/t13-,16-/m1/s1. The second-order valence-corrected chi connectivity index (χ2v) is 6.59. The predicted octanol–water partition coefficient (Wildman–Crippen LogP) is 1.98. The molecule has 1 amide bonds. The Bertz CT molecular complexity index is 929. The number of carbonyl (C=O) groups is 1. The molecule has 1 aromatic carbocycles. The molecular weight excluding hydrogens is 320 g/mol. The van der Waals surface area contributed by atoms with Gasteiger partial charge in [0.25, 0.3) is 0 Å². The molecule has 7 nitrogen and oxygen atoms in total. The lowest BCUT2D eigenvalue weighted by Gasteiger charge is -2.22. The number of aliphatic hydroxyl groups is 1. The Morgan fingerprint density at radius 2 is 2.16 bits per heavy atom.